The largest absolute Gasteiger partial charge is 0.497 e. The number of methoxy groups -OCH3 is 2. The molecule has 1 fully saturated rings. The second-order valence-corrected chi connectivity index (χ2v) is 6.36. The van der Waals surface area contributed by atoms with Gasteiger partial charge in [-0.3, -0.25) is 0 Å². The van der Waals surface area contributed by atoms with Crippen LogP contribution in [0, 0.1) is 5.92 Å². The molecule has 0 bridgehead atoms. The summed E-state index contributed by atoms with van der Waals surface area (Å²) >= 11 is 0. The van der Waals surface area contributed by atoms with Gasteiger partial charge in [0.15, 0.2) is 0 Å². The molecule has 1 aliphatic carbocycles. The Kier molecular flexibility index (Phi) is 5.92. The molecular weight excluding hydrogens is 262 g/mol. The van der Waals surface area contributed by atoms with Gasteiger partial charge in [-0.1, -0.05) is 26.7 Å². The molecule has 3 nitrogen and oxygen atoms in total. The van der Waals surface area contributed by atoms with Crippen LogP contribution in [0.3, 0.4) is 0 Å². The minimum atomic E-state index is 0.549. The Hall–Kier alpha value is -1.22. The molecular formula is C18H29NO2. The predicted molar refractivity (Wildman–Crippen MR) is 87.4 cm³/mol. The van der Waals surface area contributed by atoms with Crippen molar-refractivity contribution in [3.8, 4) is 11.5 Å². The molecule has 0 saturated heterocycles. The van der Waals surface area contributed by atoms with E-state index in [1.807, 2.05) is 6.07 Å². The first kappa shape index (κ1) is 16.2. The zero-order chi connectivity index (χ0) is 15.2. The molecule has 2 atom stereocenters. The molecule has 1 aromatic carbocycles. The Morgan fingerprint density at radius 1 is 1.05 bits per heavy atom. The van der Waals surface area contributed by atoms with Crippen molar-refractivity contribution in [3.63, 3.8) is 0 Å². The SMILES string of the molecule is COc1cc(OC)cc(C2CCCCC2CNC(C)C)c1. The van der Waals surface area contributed by atoms with E-state index in [1.165, 1.54) is 31.2 Å². The number of rotatable bonds is 6. The van der Waals surface area contributed by atoms with Gasteiger partial charge in [0.25, 0.3) is 0 Å². The van der Waals surface area contributed by atoms with Crippen LogP contribution < -0.4 is 14.8 Å². The van der Waals surface area contributed by atoms with Crippen molar-refractivity contribution < 1.29 is 9.47 Å². The molecule has 1 aromatic rings. The maximum atomic E-state index is 5.43. The second-order valence-electron chi connectivity index (χ2n) is 6.36. The molecule has 0 spiro atoms. The maximum absolute atomic E-state index is 5.43. The van der Waals surface area contributed by atoms with Crippen molar-refractivity contribution in [2.24, 2.45) is 5.92 Å². The zero-order valence-corrected chi connectivity index (χ0v) is 13.8. The molecule has 118 valence electrons. The summed E-state index contributed by atoms with van der Waals surface area (Å²) in [5.74, 6) is 3.10. The molecule has 1 N–H and O–H groups in total. The van der Waals surface area contributed by atoms with Crippen molar-refractivity contribution in [1.82, 2.24) is 5.32 Å². The highest BCUT2D eigenvalue weighted by atomic mass is 16.5. The van der Waals surface area contributed by atoms with Gasteiger partial charge in [0.2, 0.25) is 0 Å². The van der Waals surface area contributed by atoms with Gasteiger partial charge in [-0.05, 0) is 48.9 Å². The monoisotopic (exact) mass is 291 g/mol. The fourth-order valence-corrected chi connectivity index (χ4v) is 3.32. The number of ether oxygens (including phenoxy) is 2. The summed E-state index contributed by atoms with van der Waals surface area (Å²) in [6.07, 6.45) is 5.25. The Morgan fingerprint density at radius 3 is 2.24 bits per heavy atom. The van der Waals surface area contributed by atoms with E-state index in [1.54, 1.807) is 14.2 Å². The predicted octanol–water partition coefficient (Wildman–Crippen LogP) is 3.98. The first-order valence-corrected chi connectivity index (χ1v) is 8.10. The molecule has 1 saturated carbocycles. The van der Waals surface area contributed by atoms with Gasteiger partial charge in [0, 0.05) is 12.1 Å². The molecule has 0 aliphatic heterocycles. The van der Waals surface area contributed by atoms with Gasteiger partial charge >= 0.3 is 0 Å². The zero-order valence-electron chi connectivity index (χ0n) is 13.8. The minimum absolute atomic E-state index is 0.549. The van der Waals surface area contributed by atoms with Crippen molar-refractivity contribution in [1.29, 1.82) is 0 Å². The summed E-state index contributed by atoms with van der Waals surface area (Å²) in [4.78, 5) is 0. The average molecular weight is 291 g/mol. The van der Waals surface area contributed by atoms with Crippen molar-refractivity contribution in [3.05, 3.63) is 23.8 Å². The molecule has 0 radical (unpaired) electrons. The Morgan fingerprint density at radius 2 is 1.67 bits per heavy atom. The number of hydrogen-bond donors (Lipinski definition) is 1. The van der Waals surface area contributed by atoms with Crippen molar-refractivity contribution in [2.45, 2.75) is 51.5 Å². The minimum Gasteiger partial charge on any atom is -0.497 e. The van der Waals surface area contributed by atoms with E-state index in [4.69, 9.17) is 9.47 Å². The molecule has 0 aromatic heterocycles. The van der Waals surface area contributed by atoms with Crippen molar-refractivity contribution in [2.75, 3.05) is 20.8 Å². The summed E-state index contributed by atoms with van der Waals surface area (Å²) in [5.41, 5.74) is 1.36. The number of hydrogen-bond acceptors (Lipinski definition) is 3. The summed E-state index contributed by atoms with van der Waals surface area (Å²) in [6, 6.07) is 6.86. The summed E-state index contributed by atoms with van der Waals surface area (Å²) < 4.78 is 10.9. The summed E-state index contributed by atoms with van der Waals surface area (Å²) in [5, 5.41) is 3.61. The van der Waals surface area contributed by atoms with Gasteiger partial charge < -0.3 is 14.8 Å². The quantitative estimate of drug-likeness (QED) is 0.860. The van der Waals surface area contributed by atoms with E-state index in [2.05, 4.69) is 31.3 Å². The standard InChI is InChI=1S/C18H29NO2/c1-13(2)19-12-14-7-5-6-8-18(14)15-9-16(20-3)11-17(10-15)21-4/h9-11,13-14,18-19H,5-8,12H2,1-4H3. The first-order chi connectivity index (χ1) is 10.1. The molecule has 21 heavy (non-hydrogen) atoms. The lowest BCUT2D eigenvalue weighted by molar-refractivity contribution is 0.288. The van der Waals surface area contributed by atoms with Crippen LogP contribution in [-0.4, -0.2) is 26.8 Å². The highest BCUT2D eigenvalue weighted by molar-refractivity contribution is 5.40. The average Bonchev–Trinajstić information content (AvgIpc) is 2.52. The molecule has 2 unspecified atom stereocenters. The molecule has 2 rings (SSSR count). The van der Waals surface area contributed by atoms with Crippen LogP contribution >= 0.6 is 0 Å². The Labute approximate surface area is 129 Å². The molecule has 0 amide bonds. The first-order valence-electron chi connectivity index (χ1n) is 8.10. The van der Waals surface area contributed by atoms with Crippen LogP contribution in [0.5, 0.6) is 11.5 Å². The fraction of sp³-hybridized carbons (Fsp3) is 0.667. The van der Waals surface area contributed by atoms with Gasteiger partial charge in [0.05, 0.1) is 14.2 Å². The Balaban J connectivity index is 2.19. The summed E-state index contributed by atoms with van der Waals surface area (Å²) in [7, 11) is 3.44. The Bertz CT molecular complexity index is 423. The van der Waals surface area contributed by atoms with E-state index in [0.717, 1.165) is 18.0 Å². The summed E-state index contributed by atoms with van der Waals surface area (Å²) in [6.45, 7) is 5.53. The smallest absolute Gasteiger partial charge is 0.122 e. The van der Waals surface area contributed by atoms with E-state index in [9.17, 15) is 0 Å². The topological polar surface area (TPSA) is 30.5 Å². The van der Waals surface area contributed by atoms with Crippen LogP contribution in [0.15, 0.2) is 18.2 Å². The third-order valence-corrected chi connectivity index (χ3v) is 4.50. The molecule has 1 aliphatic rings. The van der Waals surface area contributed by atoms with E-state index in [-0.39, 0.29) is 0 Å². The van der Waals surface area contributed by atoms with E-state index < -0.39 is 0 Å². The fourth-order valence-electron chi connectivity index (χ4n) is 3.32. The van der Waals surface area contributed by atoms with E-state index >= 15 is 0 Å². The van der Waals surface area contributed by atoms with Crippen LogP contribution in [0.25, 0.3) is 0 Å². The highest BCUT2D eigenvalue weighted by Gasteiger charge is 2.27. The normalized spacial score (nSPS) is 22.3. The van der Waals surface area contributed by atoms with Crippen LogP contribution in [0.1, 0.15) is 51.0 Å². The molecule has 3 heteroatoms. The number of benzene rings is 1. The molecule has 0 heterocycles. The van der Waals surface area contributed by atoms with Gasteiger partial charge in [-0.2, -0.15) is 0 Å². The lowest BCUT2D eigenvalue weighted by Crippen LogP contribution is -2.33. The van der Waals surface area contributed by atoms with Crippen LogP contribution in [0.4, 0.5) is 0 Å². The third kappa shape index (κ3) is 4.37. The highest BCUT2D eigenvalue weighted by Crippen LogP contribution is 2.40. The lowest BCUT2D eigenvalue weighted by atomic mass is 9.75. The van der Waals surface area contributed by atoms with Gasteiger partial charge in [-0.25, -0.2) is 0 Å². The van der Waals surface area contributed by atoms with Crippen LogP contribution in [0.2, 0.25) is 0 Å². The second kappa shape index (κ2) is 7.69. The van der Waals surface area contributed by atoms with Gasteiger partial charge in [-0.15, -0.1) is 0 Å². The maximum Gasteiger partial charge on any atom is 0.122 e. The third-order valence-electron chi connectivity index (χ3n) is 4.50. The number of nitrogens with one attached hydrogen (secondary N) is 1. The van der Waals surface area contributed by atoms with Gasteiger partial charge in [0.1, 0.15) is 11.5 Å². The van der Waals surface area contributed by atoms with Crippen molar-refractivity contribution >= 4 is 0 Å². The lowest BCUT2D eigenvalue weighted by Gasteiger charge is -2.33. The van der Waals surface area contributed by atoms with Crippen LogP contribution in [-0.2, 0) is 0 Å². The van der Waals surface area contributed by atoms with E-state index in [0.29, 0.717) is 17.9 Å².